The monoisotopic (exact) mass is 267 g/mol. The first-order valence-electron chi connectivity index (χ1n) is 6.84. The van der Waals surface area contributed by atoms with Crippen LogP contribution in [0.2, 0.25) is 0 Å². The van der Waals surface area contributed by atoms with E-state index in [0.717, 1.165) is 18.8 Å². The summed E-state index contributed by atoms with van der Waals surface area (Å²) in [5.74, 6) is 2.15. The molecule has 0 spiro atoms. The largest absolute Gasteiger partial charge is 0.497 e. The summed E-state index contributed by atoms with van der Waals surface area (Å²) in [5, 5.41) is 0. The van der Waals surface area contributed by atoms with E-state index in [1.54, 1.807) is 7.11 Å². The number of rotatable bonds is 3. The Morgan fingerprint density at radius 2 is 1.70 bits per heavy atom. The molecule has 3 rings (SSSR count). The van der Waals surface area contributed by atoms with Gasteiger partial charge in [0.2, 0.25) is 0 Å². The Bertz CT molecular complexity index is 617. The second-order valence-electron chi connectivity index (χ2n) is 4.96. The van der Waals surface area contributed by atoms with Crippen molar-refractivity contribution in [1.29, 1.82) is 0 Å². The van der Waals surface area contributed by atoms with E-state index in [-0.39, 0.29) is 0 Å². The van der Waals surface area contributed by atoms with Gasteiger partial charge in [-0.1, -0.05) is 18.2 Å². The summed E-state index contributed by atoms with van der Waals surface area (Å²) < 4.78 is 7.53. The highest BCUT2D eigenvalue weighted by Gasteiger charge is 2.31. The summed E-state index contributed by atoms with van der Waals surface area (Å²) in [4.78, 5) is 2.36. The first-order valence-corrected chi connectivity index (χ1v) is 6.84. The van der Waals surface area contributed by atoms with E-state index in [2.05, 4.69) is 59.0 Å². The molecule has 0 unspecified atom stereocenters. The second-order valence-corrected chi connectivity index (χ2v) is 4.96. The van der Waals surface area contributed by atoms with Crippen molar-refractivity contribution in [1.82, 2.24) is 0 Å². The van der Waals surface area contributed by atoms with Crippen molar-refractivity contribution in [3.05, 3.63) is 60.2 Å². The maximum absolute atomic E-state index is 5.23. The predicted octanol–water partition coefficient (Wildman–Crippen LogP) is 2.60. The number of likely N-dealkylation sites (N-methyl/N-ethyl adjacent to an activating group) is 1. The summed E-state index contributed by atoms with van der Waals surface area (Å²) >= 11 is 0. The zero-order chi connectivity index (χ0) is 13.9. The molecule has 0 saturated carbocycles. The fraction of sp³-hybridized carbons (Fsp3) is 0.235. The Morgan fingerprint density at radius 3 is 2.35 bits per heavy atom. The molecule has 1 aliphatic heterocycles. The van der Waals surface area contributed by atoms with Crippen molar-refractivity contribution in [3.63, 3.8) is 0 Å². The minimum Gasteiger partial charge on any atom is -0.497 e. The van der Waals surface area contributed by atoms with Crippen LogP contribution in [0.1, 0.15) is 5.56 Å². The van der Waals surface area contributed by atoms with Crippen LogP contribution >= 0.6 is 0 Å². The summed E-state index contributed by atoms with van der Waals surface area (Å²) in [6.07, 6.45) is 0. The third kappa shape index (κ3) is 2.27. The van der Waals surface area contributed by atoms with E-state index < -0.39 is 0 Å². The number of methoxy groups -OCH3 is 1. The zero-order valence-electron chi connectivity index (χ0n) is 11.9. The average Bonchev–Trinajstić information content (AvgIpc) is 2.90. The molecule has 3 heteroatoms. The highest BCUT2D eigenvalue weighted by atomic mass is 16.5. The van der Waals surface area contributed by atoms with Crippen LogP contribution in [0.15, 0.2) is 54.6 Å². The molecular formula is C17H19N2O+. The van der Waals surface area contributed by atoms with Crippen LogP contribution in [0.5, 0.6) is 5.75 Å². The van der Waals surface area contributed by atoms with Gasteiger partial charge in [0, 0.05) is 0 Å². The topological polar surface area (TPSA) is 15.5 Å². The van der Waals surface area contributed by atoms with Crippen molar-refractivity contribution >= 4 is 11.5 Å². The van der Waals surface area contributed by atoms with Gasteiger partial charge >= 0.3 is 0 Å². The molecule has 1 aliphatic rings. The van der Waals surface area contributed by atoms with E-state index in [0.29, 0.717) is 0 Å². The molecular weight excluding hydrogens is 248 g/mol. The SMILES string of the molecule is COc1ccc(N2CC[N+](C)=C2c2ccccc2)cc1. The normalized spacial score (nSPS) is 14.8. The van der Waals surface area contributed by atoms with Crippen molar-refractivity contribution in [3.8, 4) is 5.75 Å². The molecule has 2 aromatic rings. The molecule has 0 amide bonds. The van der Waals surface area contributed by atoms with E-state index in [1.807, 2.05) is 12.1 Å². The van der Waals surface area contributed by atoms with Crippen LogP contribution in [-0.2, 0) is 0 Å². The molecule has 0 aromatic heterocycles. The fourth-order valence-corrected chi connectivity index (χ4v) is 2.64. The third-order valence-electron chi connectivity index (χ3n) is 3.69. The standard InChI is InChI=1S/C17H19N2O/c1-18-12-13-19(15-8-10-16(20-2)11-9-15)17(18)14-6-4-3-5-7-14/h3-11H,12-13H2,1-2H3/q+1. The number of anilines is 1. The minimum absolute atomic E-state index is 0.891. The van der Waals surface area contributed by atoms with Crippen LogP contribution in [0, 0.1) is 0 Å². The fourth-order valence-electron chi connectivity index (χ4n) is 2.64. The van der Waals surface area contributed by atoms with Gasteiger partial charge in [0.1, 0.15) is 24.5 Å². The highest BCUT2D eigenvalue weighted by Crippen LogP contribution is 2.23. The number of benzene rings is 2. The van der Waals surface area contributed by atoms with Gasteiger partial charge < -0.3 is 4.74 Å². The Kier molecular flexibility index (Phi) is 3.42. The lowest BCUT2D eigenvalue weighted by molar-refractivity contribution is -0.485. The quantitative estimate of drug-likeness (QED) is 0.794. The molecule has 1 heterocycles. The van der Waals surface area contributed by atoms with Gasteiger partial charge in [-0.2, -0.15) is 0 Å². The van der Waals surface area contributed by atoms with Gasteiger partial charge in [-0.05, 0) is 36.4 Å². The summed E-state index contributed by atoms with van der Waals surface area (Å²) in [6, 6.07) is 18.8. The number of amidine groups is 1. The zero-order valence-corrected chi connectivity index (χ0v) is 11.9. The number of nitrogens with zero attached hydrogens (tertiary/aromatic N) is 2. The van der Waals surface area contributed by atoms with Gasteiger partial charge in [0.15, 0.2) is 0 Å². The maximum atomic E-state index is 5.23. The Morgan fingerprint density at radius 1 is 1.00 bits per heavy atom. The lowest BCUT2D eigenvalue weighted by Crippen LogP contribution is -2.29. The van der Waals surface area contributed by atoms with Gasteiger partial charge in [-0.25, -0.2) is 4.90 Å². The summed E-state index contributed by atoms with van der Waals surface area (Å²) in [7, 11) is 3.84. The average molecular weight is 267 g/mol. The first kappa shape index (κ1) is 12.7. The molecule has 0 saturated heterocycles. The Hall–Kier alpha value is -2.29. The van der Waals surface area contributed by atoms with E-state index in [1.165, 1.54) is 17.1 Å². The van der Waals surface area contributed by atoms with Crippen LogP contribution in [-0.4, -0.2) is 37.7 Å². The predicted molar refractivity (Wildman–Crippen MR) is 81.9 cm³/mol. The Balaban J connectivity index is 1.97. The second kappa shape index (κ2) is 5.37. The summed E-state index contributed by atoms with van der Waals surface area (Å²) in [5.41, 5.74) is 2.46. The van der Waals surface area contributed by atoms with Crippen LogP contribution < -0.4 is 9.64 Å². The molecule has 0 atom stereocenters. The van der Waals surface area contributed by atoms with Crippen LogP contribution in [0.25, 0.3) is 0 Å². The number of ether oxygens (including phenoxy) is 1. The number of hydrogen-bond donors (Lipinski definition) is 0. The molecule has 0 bridgehead atoms. The van der Waals surface area contributed by atoms with E-state index >= 15 is 0 Å². The van der Waals surface area contributed by atoms with E-state index in [9.17, 15) is 0 Å². The molecule has 0 aliphatic carbocycles. The van der Waals surface area contributed by atoms with Crippen LogP contribution in [0.4, 0.5) is 5.69 Å². The Labute approximate surface area is 119 Å². The molecule has 102 valence electrons. The molecule has 3 nitrogen and oxygen atoms in total. The molecule has 2 aromatic carbocycles. The van der Waals surface area contributed by atoms with Gasteiger partial charge in [0.05, 0.1) is 19.7 Å². The van der Waals surface area contributed by atoms with E-state index in [4.69, 9.17) is 4.74 Å². The lowest BCUT2D eigenvalue weighted by atomic mass is 10.2. The first-order chi connectivity index (χ1) is 9.79. The van der Waals surface area contributed by atoms with Crippen molar-refractivity contribution < 1.29 is 9.31 Å². The molecule has 20 heavy (non-hydrogen) atoms. The van der Waals surface area contributed by atoms with Gasteiger partial charge in [0.25, 0.3) is 5.84 Å². The molecule has 0 fully saturated rings. The van der Waals surface area contributed by atoms with Crippen molar-refractivity contribution in [2.45, 2.75) is 0 Å². The van der Waals surface area contributed by atoms with Gasteiger partial charge in [-0.3, -0.25) is 4.58 Å². The van der Waals surface area contributed by atoms with Crippen molar-refractivity contribution in [2.24, 2.45) is 0 Å². The van der Waals surface area contributed by atoms with Crippen LogP contribution in [0.3, 0.4) is 0 Å². The number of hydrogen-bond acceptors (Lipinski definition) is 2. The molecule has 0 radical (unpaired) electrons. The third-order valence-corrected chi connectivity index (χ3v) is 3.69. The van der Waals surface area contributed by atoms with Crippen molar-refractivity contribution in [2.75, 3.05) is 32.1 Å². The molecule has 0 N–H and O–H groups in total. The summed E-state index contributed by atoms with van der Waals surface area (Å²) in [6.45, 7) is 2.04. The van der Waals surface area contributed by atoms with Gasteiger partial charge in [-0.15, -0.1) is 0 Å². The lowest BCUT2D eigenvalue weighted by Gasteiger charge is -2.13. The maximum Gasteiger partial charge on any atom is 0.284 e. The highest BCUT2D eigenvalue weighted by molar-refractivity contribution is 6.07. The minimum atomic E-state index is 0.891. The smallest absolute Gasteiger partial charge is 0.284 e.